The number of rotatable bonds is 10. The second-order valence-electron chi connectivity index (χ2n) is 8.05. The van der Waals surface area contributed by atoms with Crippen molar-refractivity contribution in [3.05, 3.63) is 70.1 Å². The highest BCUT2D eigenvalue weighted by Crippen LogP contribution is 2.26. The molecule has 0 aliphatic rings. The number of hydrogen-bond acceptors (Lipinski definition) is 7. The lowest BCUT2D eigenvalue weighted by molar-refractivity contribution is 0.185. The summed E-state index contributed by atoms with van der Waals surface area (Å²) in [6.45, 7) is 2.96. The molecule has 4 rings (SSSR count). The number of ether oxygens (including phenoxy) is 1. The Balaban J connectivity index is 1.76. The van der Waals surface area contributed by atoms with Gasteiger partial charge in [-0.2, -0.15) is 5.10 Å². The van der Waals surface area contributed by atoms with Crippen molar-refractivity contribution in [3.63, 3.8) is 0 Å². The minimum atomic E-state index is -3.70. The van der Waals surface area contributed by atoms with Crippen molar-refractivity contribution >= 4 is 21.1 Å². The van der Waals surface area contributed by atoms with Gasteiger partial charge in [-0.05, 0) is 62.8 Å². The number of para-hydroxylation sites is 1. The first-order valence-electron chi connectivity index (χ1n) is 11.2. The normalized spacial score (nSPS) is 11.9. The van der Waals surface area contributed by atoms with E-state index >= 15 is 0 Å². The molecular formula is C24H28N6O4S. The Bertz CT molecular complexity index is 1500. The van der Waals surface area contributed by atoms with Gasteiger partial charge in [-0.15, -0.1) is 0 Å². The van der Waals surface area contributed by atoms with E-state index in [1.807, 2.05) is 37.4 Å². The van der Waals surface area contributed by atoms with Gasteiger partial charge in [0.15, 0.2) is 5.52 Å². The Kier molecular flexibility index (Phi) is 7.41. The number of methoxy groups -OCH3 is 1. The summed E-state index contributed by atoms with van der Waals surface area (Å²) in [5, 5.41) is 7.50. The van der Waals surface area contributed by atoms with Crippen molar-refractivity contribution < 1.29 is 13.2 Å². The number of aryl methyl sites for hydroxylation is 1. The van der Waals surface area contributed by atoms with Gasteiger partial charge >= 0.3 is 0 Å². The van der Waals surface area contributed by atoms with Crippen LogP contribution in [0.15, 0.2) is 58.2 Å². The van der Waals surface area contributed by atoms with E-state index in [-0.39, 0.29) is 17.1 Å². The largest absolute Gasteiger partial charge is 0.380 e. The first kappa shape index (κ1) is 24.7. The molecule has 2 heterocycles. The zero-order valence-electron chi connectivity index (χ0n) is 19.8. The van der Waals surface area contributed by atoms with Crippen LogP contribution in [0.25, 0.3) is 28.1 Å². The van der Waals surface area contributed by atoms with Crippen LogP contribution in [0.5, 0.6) is 0 Å². The Hall–Kier alpha value is -3.38. The van der Waals surface area contributed by atoms with E-state index in [0.29, 0.717) is 53.2 Å². The number of benzene rings is 2. The van der Waals surface area contributed by atoms with Crippen molar-refractivity contribution in [3.8, 4) is 17.1 Å². The second-order valence-corrected chi connectivity index (χ2v) is 9.82. The predicted molar refractivity (Wildman–Crippen MR) is 134 cm³/mol. The van der Waals surface area contributed by atoms with Crippen molar-refractivity contribution in [2.24, 2.45) is 0 Å². The van der Waals surface area contributed by atoms with Gasteiger partial charge in [-0.25, -0.2) is 22.8 Å². The monoisotopic (exact) mass is 496 g/mol. The van der Waals surface area contributed by atoms with Gasteiger partial charge in [0, 0.05) is 19.2 Å². The van der Waals surface area contributed by atoms with Gasteiger partial charge in [0.25, 0.3) is 5.56 Å². The van der Waals surface area contributed by atoms with E-state index in [9.17, 15) is 13.2 Å². The molecule has 0 aliphatic heterocycles. The molecule has 184 valence electrons. The maximum atomic E-state index is 13.1. The van der Waals surface area contributed by atoms with Crippen molar-refractivity contribution in [2.45, 2.75) is 24.8 Å². The molecule has 0 atom stereocenters. The third-order valence-electron chi connectivity index (χ3n) is 5.54. The molecule has 0 saturated carbocycles. The minimum absolute atomic E-state index is 0.120. The fourth-order valence-electron chi connectivity index (χ4n) is 3.84. The molecule has 2 aromatic heterocycles. The van der Waals surface area contributed by atoms with Gasteiger partial charge in [0.2, 0.25) is 10.0 Å². The Morgan fingerprint density at radius 2 is 1.89 bits per heavy atom. The summed E-state index contributed by atoms with van der Waals surface area (Å²) in [6, 6.07) is 14.0. The molecule has 0 fully saturated rings. The van der Waals surface area contributed by atoms with E-state index in [4.69, 9.17) is 9.72 Å². The number of nitrogens with zero attached hydrogens (tertiary/aromatic N) is 3. The smallest absolute Gasteiger partial charge is 0.277 e. The average Bonchev–Trinajstić information content (AvgIpc) is 3.19. The highest BCUT2D eigenvalue weighted by Gasteiger charge is 2.20. The highest BCUT2D eigenvalue weighted by molar-refractivity contribution is 7.89. The molecule has 0 aliphatic carbocycles. The first-order chi connectivity index (χ1) is 16.9. The summed E-state index contributed by atoms with van der Waals surface area (Å²) in [6.07, 6.45) is 0.667. The molecule has 3 N–H and O–H groups in total. The van der Waals surface area contributed by atoms with Gasteiger partial charge in [-0.1, -0.05) is 18.2 Å². The third kappa shape index (κ3) is 5.17. The lowest BCUT2D eigenvalue weighted by Crippen LogP contribution is -2.27. The van der Waals surface area contributed by atoms with Crippen molar-refractivity contribution in [1.29, 1.82) is 0 Å². The Morgan fingerprint density at radius 3 is 2.60 bits per heavy atom. The summed E-state index contributed by atoms with van der Waals surface area (Å²) < 4.78 is 35.0. The topological polar surface area (TPSA) is 131 Å². The van der Waals surface area contributed by atoms with Crippen LogP contribution in [-0.4, -0.2) is 55.4 Å². The molecule has 2 aromatic carbocycles. The predicted octanol–water partition coefficient (Wildman–Crippen LogP) is 2.12. The van der Waals surface area contributed by atoms with Crippen LogP contribution in [-0.2, 0) is 21.4 Å². The number of sulfonamides is 1. The zero-order valence-corrected chi connectivity index (χ0v) is 20.6. The molecule has 4 aromatic rings. The summed E-state index contributed by atoms with van der Waals surface area (Å²) in [4.78, 5) is 20.8. The van der Waals surface area contributed by atoms with E-state index in [2.05, 4.69) is 20.1 Å². The fraction of sp³-hybridized carbons (Fsp3) is 0.292. The summed E-state index contributed by atoms with van der Waals surface area (Å²) in [7, 11) is -0.361. The summed E-state index contributed by atoms with van der Waals surface area (Å²) >= 11 is 0. The number of aromatic nitrogens is 4. The van der Waals surface area contributed by atoms with Crippen molar-refractivity contribution in [1.82, 2.24) is 29.8 Å². The first-order valence-corrected chi connectivity index (χ1v) is 12.7. The number of fused-ring (bicyclic) bond motifs is 1. The average molecular weight is 497 g/mol. The standard InChI is InChI=1S/C24H28N6O4S/c1-16-21-22(30(29-16)18-8-5-4-6-9-18)24(31)28-23(27-21)20-11-10-19(14-17(20)15-34-3)35(32,33)26-13-7-12-25-2/h4-6,8-11,14,25-26H,7,12-13,15H2,1-3H3,(H,27,28,31). The number of hydrogen-bond donors (Lipinski definition) is 3. The lowest BCUT2D eigenvalue weighted by atomic mass is 10.1. The molecule has 35 heavy (non-hydrogen) atoms. The summed E-state index contributed by atoms with van der Waals surface area (Å²) in [5.41, 5.74) is 2.99. The van der Waals surface area contributed by atoms with E-state index in [0.717, 1.165) is 5.69 Å². The van der Waals surface area contributed by atoms with Crippen LogP contribution in [0.1, 0.15) is 17.7 Å². The van der Waals surface area contributed by atoms with Gasteiger partial charge in [0.1, 0.15) is 11.3 Å². The number of H-pyrrole nitrogens is 1. The molecule has 11 heteroatoms. The third-order valence-corrected chi connectivity index (χ3v) is 7.00. The molecule has 0 spiro atoms. The molecule has 10 nitrogen and oxygen atoms in total. The number of aromatic amines is 1. The fourth-order valence-corrected chi connectivity index (χ4v) is 4.97. The summed E-state index contributed by atoms with van der Waals surface area (Å²) in [5.74, 6) is 0.316. The van der Waals surface area contributed by atoms with Crippen molar-refractivity contribution in [2.75, 3.05) is 27.2 Å². The SMILES string of the molecule is CNCCCNS(=O)(=O)c1ccc(-c2nc3c(C)nn(-c4ccccc4)c3c(=O)[nH]2)c(COC)c1. The minimum Gasteiger partial charge on any atom is -0.380 e. The molecule has 0 bridgehead atoms. The van der Waals surface area contributed by atoms with Crippen LogP contribution in [0.3, 0.4) is 0 Å². The lowest BCUT2D eigenvalue weighted by Gasteiger charge is -2.12. The Morgan fingerprint density at radius 1 is 1.11 bits per heavy atom. The Labute approximate surface area is 203 Å². The van der Waals surface area contributed by atoms with Crippen LogP contribution in [0, 0.1) is 6.92 Å². The quantitative estimate of drug-likeness (QED) is 0.287. The van der Waals surface area contributed by atoms with E-state index in [1.165, 1.54) is 13.2 Å². The van der Waals surface area contributed by atoms with E-state index < -0.39 is 10.0 Å². The zero-order chi connectivity index (χ0) is 25.0. The van der Waals surface area contributed by atoms with Crippen LogP contribution in [0.4, 0.5) is 0 Å². The molecule has 0 radical (unpaired) electrons. The van der Waals surface area contributed by atoms with Gasteiger partial charge in [-0.3, -0.25) is 4.79 Å². The molecule has 0 amide bonds. The maximum absolute atomic E-state index is 13.1. The maximum Gasteiger partial charge on any atom is 0.277 e. The van der Waals surface area contributed by atoms with Gasteiger partial charge < -0.3 is 15.0 Å². The highest BCUT2D eigenvalue weighted by atomic mass is 32.2. The number of nitrogens with one attached hydrogen (secondary N) is 3. The van der Waals surface area contributed by atoms with Crippen LogP contribution >= 0.6 is 0 Å². The molecule has 0 saturated heterocycles. The second kappa shape index (κ2) is 10.5. The molecule has 0 unspecified atom stereocenters. The van der Waals surface area contributed by atoms with Crippen LogP contribution < -0.4 is 15.6 Å². The molecular weight excluding hydrogens is 468 g/mol. The van der Waals surface area contributed by atoms with E-state index in [1.54, 1.807) is 23.7 Å². The van der Waals surface area contributed by atoms with Crippen LogP contribution in [0.2, 0.25) is 0 Å². The van der Waals surface area contributed by atoms with Gasteiger partial charge in [0.05, 0.1) is 22.9 Å².